The van der Waals surface area contributed by atoms with Crippen LogP contribution in [0.2, 0.25) is 0 Å². The van der Waals surface area contributed by atoms with Gasteiger partial charge in [0.2, 0.25) is 10.0 Å². The molecule has 0 spiro atoms. The summed E-state index contributed by atoms with van der Waals surface area (Å²) in [7, 11) is -0.399. The van der Waals surface area contributed by atoms with Crippen LogP contribution in [0, 0.1) is 0 Å². The van der Waals surface area contributed by atoms with Crippen LogP contribution in [0.5, 0.6) is 11.5 Å². The number of ether oxygens (including phenoxy) is 2. The van der Waals surface area contributed by atoms with Gasteiger partial charge in [0.25, 0.3) is 0 Å². The zero-order valence-corrected chi connectivity index (χ0v) is 12.7. The maximum atomic E-state index is 11.6. The number of hydrogen-bond acceptors (Lipinski definition) is 5. The summed E-state index contributed by atoms with van der Waals surface area (Å²) in [5.74, 6) is 1.16. The molecule has 0 heterocycles. The normalized spacial score (nSPS) is 13.0. The Balaban J connectivity index is 2.77. The highest BCUT2D eigenvalue weighted by Gasteiger charge is 2.17. The van der Waals surface area contributed by atoms with E-state index in [4.69, 9.17) is 9.47 Å². The van der Waals surface area contributed by atoms with E-state index in [1.807, 2.05) is 0 Å². The second-order valence-corrected chi connectivity index (χ2v) is 6.21. The van der Waals surface area contributed by atoms with Gasteiger partial charge in [-0.25, -0.2) is 8.42 Å². The summed E-state index contributed by atoms with van der Waals surface area (Å²) in [5.41, 5.74) is 0.694. The molecule has 1 unspecified atom stereocenters. The van der Waals surface area contributed by atoms with E-state index >= 15 is 0 Å². The highest BCUT2D eigenvalue weighted by molar-refractivity contribution is 7.89. The van der Waals surface area contributed by atoms with Gasteiger partial charge < -0.3 is 14.6 Å². The molecule has 0 bridgehead atoms. The zero-order chi connectivity index (χ0) is 15.2. The van der Waals surface area contributed by atoms with Gasteiger partial charge in [-0.1, -0.05) is 13.0 Å². The molecule has 20 heavy (non-hydrogen) atoms. The lowest BCUT2D eigenvalue weighted by molar-refractivity contribution is 0.162. The summed E-state index contributed by atoms with van der Waals surface area (Å²) in [6.45, 7) is 1.76. The number of aliphatic hydroxyl groups excluding tert-OH is 1. The molecule has 0 saturated carbocycles. The van der Waals surface area contributed by atoms with E-state index in [0.29, 0.717) is 23.5 Å². The predicted octanol–water partition coefficient (Wildman–Crippen LogP) is 0.894. The van der Waals surface area contributed by atoms with Crippen molar-refractivity contribution in [1.29, 1.82) is 0 Å². The molecule has 1 rings (SSSR count). The number of hydrogen-bond donors (Lipinski definition) is 2. The van der Waals surface area contributed by atoms with E-state index in [9.17, 15) is 13.5 Å². The predicted molar refractivity (Wildman–Crippen MR) is 76.5 cm³/mol. The van der Waals surface area contributed by atoms with Gasteiger partial charge in [-0.05, 0) is 18.1 Å². The van der Waals surface area contributed by atoms with Gasteiger partial charge >= 0.3 is 0 Å². The zero-order valence-electron chi connectivity index (χ0n) is 11.9. The molecule has 0 radical (unpaired) electrons. The van der Waals surface area contributed by atoms with Crippen LogP contribution in [0.15, 0.2) is 18.2 Å². The minimum Gasteiger partial charge on any atom is -0.497 e. The van der Waals surface area contributed by atoms with Crippen LogP contribution in [-0.4, -0.2) is 39.7 Å². The second kappa shape index (κ2) is 7.47. The molecule has 0 amide bonds. The monoisotopic (exact) mass is 303 g/mol. The van der Waals surface area contributed by atoms with Gasteiger partial charge in [0.05, 0.1) is 20.0 Å². The smallest absolute Gasteiger partial charge is 0.213 e. The minimum atomic E-state index is -3.45. The number of nitrogens with one attached hydrogen (secondary N) is 1. The van der Waals surface area contributed by atoms with Crippen molar-refractivity contribution in [1.82, 2.24) is 4.72 Å². The maximum absolute atomic E-state index is 11.6. The minimum absolute atomic E-state index is 0.0101. The molecule has 0 aliphatic rings. The van der Waals surface area contributed by atoms with Crippen LogP contribution < -0.4 is 14.2 Å². The Bertz CT molecular complexity index is 530. The van der Waals surface area contributed by atoms with Crippen LogP contribution in [0.1, 0.15) is 18.9 Å². The van der Waals surface area contributed by atoms with E-state index in [1.54, 1.807) is 32.2 Å². The Hall–Kier alpha value is -1.31. The van der Waals surface area contributed by atoms with Crippen LogP contribution in [0.4, 0.5) is 0 Å². The van der Waals surface area contributed by atoms with E-state index in [1.165, 1.54) is 7.11 Å². The summed E-state index contributed by atoms with van der Waals surface area (Å²) in [4.78, 5) is 0. The van der Waals surface area contributed by atoms with E-state index in [0.717, 1.165) is 0 Å². The molecule has 7 heteroatoms. The Morgan fingerprint density at radius 1 is 1.30 bits per heavy atom. The molecule has 0 aliphatic carbocycles. The lowest BCUT2D eigenvalue weighted by Crippen LogP contribution is -2.37. The number of sulfonamides is 1. The van der Waals surface area contributed by atoms with Crippen molar-refractivity contribution < 1.29 is 23.0 Å². The SMILES string of the molecule is CCCS(=O)(=O)NC(O)Cc1ccc(OC)cc1OC. The Morgan fingerprint density at radius 3 is 2.55 bits per heavy atom. The number of rotatable bonds is 8. The molecule has 0 aliphatic heterocycles. The van der Waals surface area contributed by atoms with E-state index < -0.39 is 16.3 Å². The summed E-state index contributed by atoms with van der Waals surface area (Å²) in [6.07, 6.45) is -0.571. The topological polar surface area (TPSA) is 84.9 Å². The van der Waals surface area contributed by atoms with Crippen molar-refractivity contribution in [2.24, 2.45) is 0 Å². The summed E-state index contributed by atoms with van der Waals surface area (Å²) < 4.78 is 35.6. The van der Waals surface area contributed by atoms with Crippen LogP contribution in [-0.2, 0) is 16.4 Å². The number of benzene rings is 1. The van der Waals surface area contributed by atoms with Gasteiger partial charge in [-0.15, -0.1) is 0 Å². The molecule has 0 saturated heterocycles. The molecular formula is C13H21NO5S. The van der Waals surface area contributed by atoms with E-state index in [-0.39, 0.29) is 12.2 Å². The molecule has 1 aromatic carbocycles. The molecule has 6 nitrogen and oxygen atoms in total. The fourth-order valence-electron chi connectivity index (χ4n) is 1.81. The average Bonchev–Trinajstić information content (AvgIpc) is 2.38. The molecule has 2 N–H and O–H groups in total. The third-order valence-electron chi connectivity index (χ3n) is 2.70. The molecule has 1 atom stereocenters. The Morgan fingerprint density at radius 2 is 2.00 bits per heavy atom. The number of aliphatic hydroxyl groups is 1. The Labute approximate surface area is 119 Å². The summed E-state index contributed by atoms with van der Waals surface area (Å²) in [5, 5.41) is 9.83. The molecular weight excluding hydrogens is 282 g/mol. The van der Waals surface area contributed by atoms with Crippen molar-refractivity contribution in [3.63, 3.8) is 0 Å². The van der Waals surface area contributed by atoms with Gasteiger partial charge in [0, 0.05) is 12.5 Å². The third kappa shape index (κ3) is 4.99. The second-order valence-electron chi connectivity index (χ2n) is 4.33. The quantitative estimate of drug-likeness (QED) is 0.697. The summed E-state index contributed by atoms with van der Waals surface area (Å²) >= 11 is 0. The van der Waals surface area contributed by atoms with Gasteiger partial charge in [0.15, 0.2) is 0 Å². The van der Waals surface area contributed by atoms with Gasteiger partial charge in [-0.3, -0.25) is 0 Å². The lowest BCUT2D eigenvalue weighted by Gasteiger charge is -2.15. The van der Waals surface area contributed by atoms with E-state index in [2.05, 4.69) is 4.72 Å². The van der Waals surface area contributed by atoms with Crippen molar-refractivity contribution in [2.45, 2.75) is 26.0 Å². The highest BCUT2D eigenvalue weighted by atomic mass is 32.2. The third-order valence-corrected chi connectivity index (χ3v) is 4.27. The van der Waals surface area contributed by atoms with Crippen LogP contribution in [0.3, 0.4) is 0 Å². The first kappa shape index (κ1) is 16.7. The van der Waals surface area contributed by atoms with Gasteiger partial charge in [0.1, 0.15) is 17.7 Å². The number of methoxy groups -OCH3 is 2. The molecule has 114 valence electrons. The van der Waals surface area contributed by atoms with Crippen molar-refractivity contribution in [2.75, 3.05) is 20.0 Å². The van der Waals surface area contributed by atoms with Crippen LogP contribution in [0.25, 0.3) is 0 Å². The molecule has 1 aromatic rings. The summed E-state index contributed by atoms with van der Waals surface area (Å²) in [6, 6.07) is 5.14. The largest absolute Gasteiger partial charge is 0.497 e. The fourth-order valence-corrected chi connectivity index (χ4v) is 2.96. The van der Waals surface area contributed by atoms with Crippen molar-refractivity contribution in [3.05, 3.63) is 23.8 Å². The van der Waals surface area contributed by atoms with Crippen LogP contribution >= 0.6 is 0 Å². The first-order valence-corrected chi connectivity index (χ1v) is 7.96. The van der Waals surface area contributed by atoms with Gasteiger partial charge in [-0.2, -0.15) is 4.72 Å². The van der Waals surface area contributed by atoms with Crippen molar-refractivity contribution in [3.8, 4) is 11.5 Å². The molecule has 0 fully saturated rings. The highest BCUT2D eigenvalue weighted by Crippen LogP contribution is 2.25. The lowest BCUT2D eigenvalue weighted by atomic mass is 10.1. The first-order chi connectivity index (χ1) is 9.41. The Kier molecular flexibility index (Phi) is 6.25. The average molecular weight is 303 g/mol. The maximum Gasteiger partial charge on any atom is 0.213 e. The fraction of sp³-hybridized carbons (Fsp3) is 0.538. The molecule has 0 aromatic heterocycles. The first-order valence-electron chi connectivity index (χ1n) is 6.30. The van der Waals surface area contributed by atoms with Crippen molar-refractivity contribution >= 4 is 10.0 Å². The standard InChI is InChI=1S/C13H21NO5S/c1-4-7-20(16,17)14-13(15)8-10-5-6-11(18-2)9-12(10)19-3/h5-6,9,13-15H,4,7-8H2,1-3H3.